The highest BCUT2D eigenvalue weighted by Crippen LogP contribution is 2.28. The quantitative estimate of drug-likeness (QED) is 0.713. The summed E-state index contributed by atoms with van der Waals surface area (Å²) in [6.45, 7) is -1.69. The van der Waals surface area contributed by atoms with Gasteiger partial charge in [-0.15, -0.1) is 0 Å². The Hall–Kier alpha value is -2.75. The van der Waals surface area contributed by atoms with E-state index in [2.05, 4.69) is 5.32 Å². The molecular weight excluding hydrogens is 421 g/mol. The number of rotatable bonds is 7. The highest BCUT2D eigenvalue weighted by atomic mass is 32.2. The minimum atomic E-state index is -4.49. The SMILES string of the molecule is O=C(CNc1ccccc1OCC(F)(F)F)N(c1ccccc1)C1CCS(=O)(=O)C1. The van der Waals surface area contributed by atoms with Gasteiger partial charge in [0.2, 0.25) is 5.91 Å². The van der Waals surface area contributed by atoms with Gasteiger partial charge in [-0.2, -0.15) is 13.2 Å². The van der Waals surface area contributed by atoms with Crippen LogP contribution >= 0.6 is 0 Å². The number of alkyl halides is 3. The molecule has 1 aliphatic rings. The van der Waals surface area contributed by atoms with Crippen LogP contribution in [0.2, 0.25) is 0 Å². The number of sulfone groups is 1. The molecule has 0 spiro atoms. The second-order valence-corrected chi connectivity index (χ2v) is 9.14. The van der Waals surface area contributed by atoms with Crippen LogP contribution in [-0.4, -0.2) is 51.2 Å². The lowest BCUT2D eigenvalue weighted by atomic mass is 10.1. The first-order valence-corrected chi connectivity index (χ1v) is 11.1. The van der Waals surface area contributed by atoms with E-state index < -0.39 is 34.6 Å². The molecule has 2 aromatic carbocycles. The van der Waals surface area contributed by atoms with Gasteiger partial charge in [-0.05, 0) is 30.7 Å². The average molecular weight is 442 g/mol. The fraction of sp³-hybridized carbons (Fsp3) is 0.350. The van der Waals surface area contributed by atoms with Crippen molar-refractivity contribution in [3.63, 3.8) is 0 Å². The molecule has 0 radical (unpaired) electrons. The van der Waals surface area contributed by atoms with E-state index >= 15 is 0 Å². The molecule has 1 fully saturated rings. The Labute approximate surface area is 172 Å². The third-order valence-electron chi connectivity index (χ3n) is 4.59. The zero-order valence-electron chi connectivity index (χ0n) is 15.9. The van der Waals surface area contributed by atoms with Gasteiger partial charge in [0, 0.05) is 5.69 Å². The topological polar surface area (TPSA) is 75.7 Å². The molecule has 30 heavy (non-hydrogen) atoms. The van der Waals surface area contributed by atoms with E-state index in [0.717, 1.165) is 0 Å². The van der Waals surface area contributed by atoms with E-state index in [1.807, 2.05) is 0 Å². The summed E-state index contributed by atoms with van der Waals surface area (Å²) >= 11 is 0. The van der Waals surface area contributed by atoms with Crippen molar-refractivity contribution in [1.29, 1.82) is 0 Å². The predicted octanol–water partition coefficient (Wildman–Crippen LogP) is 3.26. The van der Waals surface area contributed by atoms with Crippen LogP contribution in [0.5, 0.6) is 5.75 Å². The van der Waals surface area contributed by atoms with E-state index in [0.29, 0.717) is 12.1 Å². The molecule has 2 aromatic rings. The van der Waals surface area contributed by atoms with E-state index in [9.17, 15) is 26.4 Å². The molecule has 6 nitrogen and oxygen atoms in total. The Morgan fingerprint density at radius 1 is 1.10 bits per heavy atom. The van der Waals surface area contributed by atoms with Crippen molar-refractivity contribution in [3.05, 3.63) is 54.6 Å². The van der Waals surface area contributed by atoms with Gasteiger partial charge in [-0.1, -0.05) is 30.3 Å². The smallest absolute Gasteiger partial charge is 0.422 e. The summed E-state index contributed by atoms with van der Waals surface area (Å²) in [6.07, 6.45) is -4.16. The van der Waals surface area contributed by atoms with Gasteiger partial charge in [0.05, 0.1) is 29.8 Å². The molecule has 1 aliphatic heterocycles. The fourth-order valence-electron chi connectivity index (χ4n) is 3.28. The van der Waals surface area contributed by atoms with Crippen molar-refractivity contribution in [2.45, 2.75) is 18.6 Å². The maximum atomic E-state index is 13.0. The number of amides is 1. The minimum Gasteiger partial charge on any atom is -0.482 e. The number of nitrogens with one attached hydrogen (secondary N) is 1. The van der Waals surface area contributed by atoms with Gasteiger partial charge in [0.25, 0.3) is 0 Å². The first kappa shape index (κ1) is 21.9. The molecule has 10 heteroatoms. The number of para-hydroxylation sites is 3. The molecule has 3 rings (SSSR count). The lowest BCUT2D eigenvalue weighted by Gasteiger charge is -2.29. The monoisotopic (exact) mass is 442 g/mol. The van der Waals surface area contributed by atoms with Crippen LogP contribution < -0.4 is 15.0 Å². The van der Waals surface area contributed by atoms with Crippen LogP contribution in [0.15, 0.2) is 54.6 Å². The average Bonchev–Trinajstić information content (AvgIpc) is 3.05. The molecule has 1 saturated heterocycles. The van der Waals surface area contributed by atoms with Gasteiger partial charge >= 0.3 is 6.18 Å². The molecule has 0 saturated carbocycles. The highest BCUT2D eigenvalue weighted by Gasteiger charge is 2.35. The van der Waals surface area contributed by atoms with Crippen LogP contribution in [0.25, 0.3) is 0 Å². The summed E-state index contributed by atoms with van der Waals surface area (Å²) < 4.78 is 66.0. The summed E-state index contributed by atoms with van der Waals surface area (Å²) in [7, 11) is -3.22. The van der Waals surface area contributed by atoms with Crippen molar-refractivity contribution in [2.75, 3.05) is 34.9 Å². The molecule has 162 valence electrons. The van der Waals surface area contributed by atoms with E-state index in [1.54, 1.807) is 36.4 Å². The maximum absolute atomic E-state index is 13.0. The van der Waals surface area contributed by atoms with Gasteiger partial charge in [0.15, 0.2) is 16.4 Å². The number of ether oxygens (including phenoxy) is 1. The Morgan fingerprint density at radius 2 is 1.77 bits per heavy atom. The molecule has 0 aromatic heterocycles. The lowest BCUT2D eigenvalue weighted by molar-refractivity contribution is -0.153. The zero-order valence-corrected chi connectivity index (χ0v) is 16.7. The lowest BCUT2D eigenvalue weighted by Crippen LogP contribution is -2.44. The highest BCUT2D eigenvalue weighted by molar-refractivity contribution is 7.91. The van der Waals surface area contributed by atoms with E-state index in [1.165, 1.54) is 23.1 Å². The van der Waals surface area contributed by atoms with Crippen molar-refractivity contribution in [3.8, 4) is 5.75 Å². The number of carbonyl (C=O) groups is 1. The third kappa shape index (κ3) is 5.88. The standard InChI is InChI=1S/C20H21F3N2O4S/c21-20(22,23)14-29-18-9-5-4-8-17(18)24-12-19(26)25(15-6-2-1-3-7-15)16-10-11-30(27,28)13-16/h1-9,16,24H,10-14H2. The normalized spacial score (nSPS) is 18.0. The molecule has 0 aliphatic carbocycles. The number of nitrogens with zero attached hydrogens (tertiary/aromatic N) is 1. The van der Waals surface area contributed by atoms with Crippen molar-refractivity contribution in [1.82, 2.24) is 0 Å². The molecule has 1 unspecified atom stereocenters. The molecule has 0 bridgehead atoms. The number of anilines is 2. The Balaban J connectivity index is 1.74. The summed E-state index contributed by atoms with van der Waals surface area (Å²) in [5.74, 6) is -0.541. The van der Waals surface area contributed by atoms with Crippen molar-refractivity contribution in [2.24, 2.45) is 0 Å². The van der Waals surface area contributed by atoms with Crippen LogP contribution in [0.3, 0.4) is 0 Å². The molecule has 1 heterocycles. The Morgan fingerprint density at radius 3 is 2.40 bits per heavy atom. The molecule has 1 N–H and O–H groups in total. The fourth-order valence-corrected chi connectivity index (χ4v) is 4.98. The van der Waals surface area contributed by atoms with Crippen LogP contribution in [0.4, 0.5) is 24.5 Å². The van der Waals surface area contributed by atoms with Gasteiger partial charge in [-0.25, -0.2) is 8.42 Å². The van der Waals surface area contributed by atoms with Crippen LogP contribution in [-0.2, 0) is 14.6 Å². The summed E-state index contributed by atoms with van der Waals surface area (Å²) in [5.41, 5.74) is 0.801. The van der Waals surface area contributed by atoms with Gasteiger partial charge in [0.1, 0.15) is 5.75 Å². The molecule has 1 atom stereocenters. The van der Waals surface area contributed by atoms with Crippen molar-refractivity contribution >= 4 is 27.1 Å². The predicted molar refractivity (Wildman–Crippen MR) is 107 cm³/mol. The number of halogens is 3. The van der Waals surface area contributed by atoms with E-state index in [4.69, 9.17) is 4.74 Å². The second-order valence-electron chi connectivity index (χ2n) is 6.91. The summed E-state index contributed by atoms with van der Waals surface area (Å²) in [5, 5.41) is 2.81. The summed E-state index contributed by atoms with van der Waals surface area (Å²) in [4.78, 5) is 14.4. The largest absolute Gasteiger partial charge is 0.482 e. The van der Waals surface area contributed by atoms with Gasteiger partial charge in [-0.3, -0.25) is 4.79 Å². The first-order chi connectivity index (χ1) is 14.1. The molecular formula is C20H21F3N2O4S. The molecule has 1 amide bonds. The van der Waals surface area contributed by atoms with Crippen molar-refractivity contribution < 1.29 is 31.1 Å². The zero-order chi connectivity index (χ0) is 21.8. The first-order valence-electron chi connectivity index (χ1n) is 9.25. The third-order valence-corrected chi connectivity index (χ3v) is 6.34. The number of hydrogen-bond donors (Lipinski definition) is 1. The maximum Gasteiger partial charge on any atom is 0.422 e. The Bertz CT molecular complexity index is 981. The number of hydrogen-bond acceptors (Lipinski definition) is 5. The van der Waals surface area contributed by atoms with E-state index in [-0.39, 0.29) is 29.5 Å². The Kier molecular flexibility index (Phi) is 6.55. The van der Waals surface area contributed by atoms with Gasteiger partial charge < -0.3 is 15.0 Å². The van der Waals surface area contributed by atoms with Crippen LogP contribution in [0.1, 0.15) is 6.42 Å². The second kappa shape index (κ2) is 8.95. The van der Waals surface area contributed by atoms with Crippen LogP contribution in [0, 0.1) is 0 Å². The number of carbonyl (C=O) groups excluding carboxylic acids is 1. The summed E-state index contributed by atoms with van der Waals surface area (Å²) in [6, 6.07) is 14.2. The minimum absolute atomic E-state index is 0.00975. The number of benzene rings is 2.